The number of hydrogen-bond acceptors (Lipinski definition) is 6. The van der Waals surface area contributed by atoms with Crippen LogP contribution >= 0.6 is 22.9 Å². The van der Waals surface area contributed by atoms with E-state index in [2.05, 4.69) is 15.8 Å². The van der Waals surface area contributed by atoms with Gasteiger partial charge in [0.1, 0.15) is 4.88 Å². The van der Waals surface area contributed by atoms with Crippen molar-refractivity contribution in [3.05, 3.63) is 52.1 Å². The summed E-state index contributed by atoms with van der Waals surface area (Å²) in [7, 11) is 0. The van der Waals surface area contributed by atoms with Gasteiger partial charge in [0.2, 0.25) is 0 Å². The molecule has 0 fully saturated rings. The average Bonchev–Trinajstić information content (AvgIpc) is 3.00. The summed E-state index contributed by atoms with van der Waals surface area (Å²) < 4.78 is 0.922. The van der Waals surface area contributed by atoms with Crippen molar-refractivity contribution in [1.82, 2.24) is 10.5 Å². The van der Waals surface area contributed by atoms with Crippen molar-refractivity contribution in [1.29, 1.82) is 0 Å². The number of pyridine rings is 1. The highest BCUT2D eigenvalue weighted by molar-refractivity contribution is 7.21. The fourth-order valence-electron chi connectivity index (χ4n) is 2.38. The summed E-state index contributed by atoms with van der Waals surface area (Å²) in [4.78, 5) is 22.3. The third-order valence-corrected chi connectivity index (χ3v) is 5.13. The molecule has 3 N–H and O–H groups in total. The van der Waals surface area contributed by atoms with E-state index < -0.39 is 0 Å². The maximum atomic E-state index is 12.5. The third-order valence-electron chi connectivity index (χ3n) is 3.65. The average molecular weight is 392 g/mol. The van der Waals surface area contributed by atoms with Crippen LogP contribution in [0.2, 0.25) is 5.02 Å². The summed E-state index contributed by atoms with van der Waals surface area (Å²) in [6.07, 6.45) is 3.83. The first-order chi connectivity index (χ1) is 12.6. The number of amides is 1. The highest BCUT2D eigenvalue weighted by Crippen LogP contribution is 2.38. The summed E-state index contributed by atoms with van der Waals surface area (Å²) >= 11 is 7.66. The number of nitrogens with zero attached hydrogens (tertiary/aromatic N) is 1. The highest BCUT2D eigenvalue weighted by atomic mass is 35.5. The number of hydroxylamine groups is 1. The van der Waals surface area contributed by atoms with Gasteiger partial charge in [0.25, 0.3) is 5.91 Å². The van der Waals surface area contributed by atoms with E-state index in [1.165, 1.54) is 11.3 Å². The molecule has 3 aromatic rings. The maximum absolute atomic E-state index is 12.5. The van der Waals surface area contributed by atoms with Crippen LogP contribution in [0.25, 0.3) is 10.1 Å². The van der Waals surface area contributed by atoms with Crippen LogP contribution in [0.1, 0.15) is 21.7 Å². The van der Waals surface area contributed by atoms with E-state index in [-0.39, 0.29) is 19.1 Å². The number of carbonyl (C=O) groups excluding carboxylic acids is 1. The maximum Gasteiger partial charge on any atom is 0.287 e. The van der Waals surface area contributed by atoms with Crippen molar-refractivity contribution in [2.24, 2.45) is 0 Å². The van der Waals surface area contributed by atoms with Crippen LogP contribution in [-0.2, 0) is 4.84 Å². The number of aliphatic hydroxyl groups excluding tert-OH is 1. The number of nitrogens with one attached hydrogen (secondary N) is 2. The van der Waals surface area contributed by atoms with E-state index >= 15 is 0 Å². The van der Waals surface area contributed by atoms with Gasteiger partial charge in [-0.2, -0.15) is 0 Å². The fraction of sp³-hybridized carbons (Fsp3) is 0.222. The molecule has 0 aliphatic rings. The van der Waals surface area contributed by atoms with Crippen molar-refractivity contribution < 1.29 is 14.7 Å². The smallest absolute Gasteiger partial charge is 0.287 e. The first-order valence-corrected chi connectivity index (χ1v) is 9.22. The third kappa shape index (κ3) is 4.13. The predicted molar refractivity (Wildman–Crippen MR) is 104 cm³/mol. The van der Waals surface area contributed by atoms with E-state index in [9.17, 15) is 4.79 Å². The van der Waals surface area contributed by atoms with Crippen LogP contribution in [0.15, 0.2) is 36.7 Å². The van der Waals surface area contributed by atoms with Crippen molar-refractivity contribution in [3.8, 4) is 0 Å². The molecule has 0 spiro atoms. The lowest BCUT2D eigenvalue weighted by Gasteiger charge is -2.11. The van der Waals surface area contributed by atoms with Gasteiger partial charge < -0.3 is 10.4 Å². The number of thiophene rings is 1. The molecule has 1 aromatic carbocycles. The minimum absolute atomic E-state index is 0.00313. The van der Waals surface area contributed by atoms with Crippen LogP contribution < -0.4 is 10.8 Å². The molecule has 0 aliphatic heterocycles. The van der Waals surface area contributed by atoms with Crippen molar-refractivity contribution in [2.75, 3.05) is 18.5 Å². The van der Waals surface area contributed by atoms with Gasteiger partial charge >= 0.3 is 0 Å². The van der Waals surface area contributed by atoms with Gasteiger partial charge in [0.15, 0.2) is 0 Å². The second kappa shape index (κ2) is 8.46. The van der Waals surface area contributed by atoms with Crippen LogP contribution in [-0.4, -0.2) is 29.2 Å². The summed E-state index contributed by atoms with van der Waals surface area (Å²) in [5, 5.41) is 13.4. The van der Waals surface area contributed by atoms with E-state index in [4.69, 9.17) is 21.5 Å². The number of aliphatic hydroxyl groups is 1. The minimum Gasteiger partial charge on any atom is -0.396 e. The van der Waals surface area contributed by atoms with Crippen LogP contribution in [0.3, 0.4) is 0 Å². The molecule has 2 aromatic heterocycles. The van der Waals surface area contributed by atoms with Gasteiger partial charge in [0, 0.05) is 29.1 Å². The molecule has 0 radical (unpaired) electrons. The number of fused-ring (bicyclic) bond motifs is 1. The van der Waals surface area contributed by atoms with Crippen LogP contribution in [0.5, 0.6) is 0 Å². The Bertz CT molecular complexity index is 929. The molecule has 3 rings (SSSR count). The van der Waals surface area contributed by atoms with Gasteiger partial charge in [-0.1, -0.05) is 17.7 Å². The number of aromatic nitrogens is 1. The van der Waals surface area contributed by atoms with Gasteiger partial charge in [-0.05, 0) is 37.1 Å². The minimum atomic E-state index is -0.366. The Hall–Kier alpha value is -2.19. The number of rotatable bonds is 7. The lowest BCUT2D eigenvalue weighted by Crippen LogP contribution is -2.24. The molecule has 6 nitrogen and oxygen atoms in total. The summed E-state index contributed by atoms with van der Waals surface area (Å²) in [5.74, 6) is -0.366. The molecule has 0 bridgehead atoms. The Balaban J connectivity index is 1.93. The second-order valence-electron chi connectivity index (χ2n) is 5.64. The van der Waals surface area contributed by atoms with Gasteiger partial charge in [-0.25, -0.2) is 5.48 Å². The summed E-state index contributed by atoms with van der Waals surface area (Å²) in [5.41, 5.74) is 4.80. The second-order valence-corrected chi connectivity index (χ2v) is 7.10. The first kappa shape index (κ1) is 18.6. The molecule has 0 unspecified atom stereocenters. The summed E-state index contributed by atoms with van der Waals surface area (Å²) in [6.45, 7) is 2.20. The molecule has 0 aliphatic carbocycles. The van der Waals surface area contributed by atoms with Gasteiger partial charge in [-0.15, -0.1) is 11.3 Å². The van der Waals surface area contributed by atoms with Crippen molar-refractivity contribution >= 4 is 50.3 Å². The van der Waals surface area contributed by atoms with Crippen molar-refractivity contribution in [2.45, 2.75) is 13.3 Å². The zero-order valence-electron chi connectivity index (χ0n) is 14.1. The molecule has 1 amide bonds. The topological polar surface area (TPSA) is 83.5 Å². The Labute approximate surface area is 159 Å². The fourth-order valence-corrected chi connectivity index (χ4v) is 3.67. The van der Waals surface area contributed by atoms with E-state index in [1.807, 2.05) is 31.2 Å². The lowest BCUT2D eigenvalue weighted by atomic mass is 10.2. The monoisotopic (exact) mass is 391 g/mol. The molecule has 0 saturated heterocycles. The molecule has 2 heterocycles. The quantitative estimate of drug-likeness (QED) is 0.418. The molecule has 0 atom stereocenters. The Morgan fingerprint density at radius 1 is 1.38 bits per heavy atom. The lowest BCUT2D eigenvalue weighted by molar-refractivity contribution is 0.0266. The van der Waals surface area contributed by atoms with Crippen molar-refractivity contribution in [3.63, 3.8) is 0 Å². The van der Waals surface area contributed by atoms with Gasteiger partial charge in [0.05, 0.1) is 23.0 Å². The number of aryl methyl sites for hydroxylation is 1. The predicted octanol–water partition coefficient (Wildman–Crippen LogP) is 4.05. The van der Waals surface area contributed by atoms with E-state index in [0.29, 0.717) is 27.7 Å². The zero-order chi connectivity index (χ0) is 18.5. The zero-order valence-corrected chi connectivity index (χ0v) is 15.7. The number of benzene rings is 1. The standard InChI is InChI=1S/C18H18ClN3O3S/c1-11-3-4-14(13(19)9-11)21-16-12-10-20-6-5-15(12)26-17(16)18(24)22-25-8-2-7-23/h3-6,9-10,21,23H,2,7-8H2,1H3,(H,22,24). The van der Waals surface area contributed by atoms with E-state index in [0.717, 1.165) is 15.6 Å². The molecular formula is C18H18ClN3O3S. The Morgan fingerprint density at radius 2 is 2.23 bits per heavy atom. The Morgan fingerprint density at radius 3 is 3.00 bits per heavy atom. The Kier molecular flexibility index (Phi) is 6.05. The molecule has 0 saturated carbocycles. The molecular weight excluding hydrogens is 374 g/mol. The van der Waals surface area contributed by atoms with Crippen LogP contribution in [0, 0.1) is 6.92 Å². The largest absolute Gasteiger partial charge is 0.396 e. The number of halogens is 1. The van der Waals surface area contributed by atoms with Gasteiger partial charge in [-0.3, -0.25) is 14.6 Å². The normalized spacial score (nSPS) is 10.9. The number of hydrogen-bond donors (Lipinski definition) is 3. The first-order valence-electron chi connectivity index (χ1n) is 8.03. The molecule has 26 heavy (non-hydrogen) atoms. The number of carbonyl (C=O) groups is 1. The summed E-state index contributed by atoms with van der Waals surface area (Å²) in [6, 6.07) is 7.52. The number of anilines is 2. The molecule has 8 heteroatoms. The molecule has 136 valence electrons. The van der Waals surface area contributed by atoms with Crippen LogP contribution in [0.4, 0.5) is 11.4 Å². The highest BCUT2D eigenvalue weighted by Gasteiger charge is 2.20. The SMILES string of the molecule is Cc1ccc(Nc2c(C(=O)NOCCCO)sc3ccncc23)c(Cl)c1. The van der Waals surface area contributed by atoms with E-state index in [1.54, 1.807) is 12.4 Å².